The highest BCUT2D eigenvalue weighted by molar-refractivity contribution is 8.02. The van der Waals surface area contributed by atoms with E-state index in [1.165, 1.54) is 21.9 Å². The average Bonchev–Trinajstić information content (AvgIpc) is 3.48. The Morgan fingerprint density at radius 2 is 1.92 bits per heavy atom. The van der Waals surface area contributed by atoms with Crippen LogP contribution in [0.25, 0.3) is 10.9 Å². The molecule has 208 valence electrons. The van der Waals surface area contributed by atoms with E-state index in [0.717, 1.165) is 56.7 Å². The van der Waals surface area contributed by atoms with Crippen LogP contribution < -0.4 is 10.3 Å². The van der Waals surface area contributed by atoms with Gasteiger partial charge in [-0.25, -0.2) is 4.79 Å². The van der Waals surface area contributed by atoms with Crippen LogP contribution in [0.5, 0.6) is 5.75 Å². The quantitative estimate of drug-likeness (QED) is 0.203. The van der Waals surface area contributed by atoms with Gasteiger partial charge in [-0.05, 0) is 73.0 Å². The molecule has 39 heavy (non-hydrogen) atoms. The Bertz CT molecular complexity index is 1290. The molecule has 0 atom stereocenters. The van der Waals surface area contributed by atoms with Gasteiger partial charge in [0.1, 0.15) is 5.75 Å². The van der Waals surface area contributed by atoms with Gasteiger partial charge >= 0.3 is 6.16 Å². The fourth-order valence-electron chi connectivity index (χ4n) is 4.66. The van der Waals surface area contributed by atoms with Crippen molar-refractivity contribution < 1.29 is 19.0 Å². The lowest BCUT2D eigenvalue weighted by Gasteiger charge is -2.37. The van der Waals surface area contributed by atoms with Gasteiger partial charge in [-0.3, -0.25) is 14.3 Å². The minimum Gasteiger partial charge on any atom is -0.494 e. The number of fused-ring (bicyclic) bond motifs is 1. The van der Waals surface area contributed by atoms with Crippen LogP contribution in [0.2, 0.25) is 0 Å². The molecule has 0 saturated carbocycles. The highest BCUT2D eigenvalue weighted by Crippen LogP contribution is 2.26. The van der Waals surface area contributed by atoms with E-state index in [1.807, 2.05) is 42.1 Å². The van der Waals surface area contributed by atoms with Crippen molar-refractivity contribution in [1.82, 2.24) is 14.4 Å². The van der Waals surface area contributed by atoms with Crippen LogP contribution in [0, 0.1) is 0 Å². The molecule has 0 N–H and O–H groups in total. The van der Waals surface area contributed by atoms with Gasteiger partial charge in [0.2, 0.25) is 0 Å². The molecule has 0 radical (unpaired) electrons. The normalized spacial score (nSPS) is 17.1. The Morgan fingerprint density at radius 1 is 1.10 bits per heavy atom. The summed E-state index contributed by atoms with van der Waals surface area (Å²) in [5, 5.41) is 3.03. The lowest BCUT2D eigenvalue weighted by molar-refractivity contribution is 0.0373. The zero-order valence-electron chi connectivity index (χ0n) is 22.5. The van der Waals surface area contributed by atoms with Crippen LogP contribution >= 0.6 is 11.8 Å². The van der Waals surface area contributed by atoms with Gasteiger partial charge in [0.25, 0.3) is 5.56 Å². The van der Waals surface area contributed by atoms with Gasteiger partial charge < -0.3 is 19.1 Å². The van der Waals surface area contributed by atoms with Gasteiger partial charge in [-0.1, -0.05) is 18.7 Å². The highest BCUT2D eigenvalue weighted by atomic mass is 32.2. The largest absolute Gasteiger partial charge is 0.510 e. The molecule has 1 aromatic heterocycles. The number of nitrogens with zero attached hydrogens (tertiary/aromatic N) is 3. The van der Waals surface area contributed by atoms with E-state index in [4.69, 9.17) is 14.2 Å². The summed E-state index contributed by atoms with van der Waals surface area (Å²) in [5.41, 5.74) is 3.09. The summed E-state index contributed by atoms with van der Waals surface area (Å²) in [6, 6.07) is 8.82. The van der Waals surface area contributed by atoms with Gasteiger partial charge in [0.15, 0.2) is 6.73 Å². The van der Waals surface area contributed by atoms with E-state index < -0.39 is 6.16 Å². The standard InChI is InChI=1S/C30H37N3O5S/c1-3-5-8-27(25-13-20-39-22-25)32-17-15-31(16-18-32)14-6-7-19-37-26-11-9-24-10-12-29(34)33(28(24)21-26)23-38-30(35)36-4-2/h3,5,8-13,20-21H,1,4,6-7,14-19,22-23H2,2H3. The van der Waals surface area contributed by atoms with Crippen LogP contribution in [-0.4, -0.2) is 72.2 Å². The van der Waals surface area contributed by atoms with Crippen molar-refractivity contribution in [3.8, 4) is 5.75 Å². The van der Waals surface area contributed by atoms with Crippen molar-refractivity contribution >= 4 is 28.8 Å². The first-order chi connectivity index (χ1) is 19.1. The fourth-order valence-corrected chi connectivity index (χ4v) is 5.44. The maximum absolute atomic E-state index is 12.4. The van der Waals surface area contributed by atoms with Crippen LogP contribution in [0.3, 0.4) is 0 Å². The number of hydrogen-bond acceptors (Lipinski definition) is 8. The van der Waals surface area contributed by atoms with Crippen molar-refractivity contribution in [2.24, 2.45) is 0 Å². The molecule has 9 heteroatoms. The number of benzene rings is 1. The number of hydrogen-bond donors (Lipinski definition) is 0. The van der Waals surface area contributed by atoms with E-state index in [0.29, 0.717) is 17.9 Å². The Morgan fingerprint density at radius 3 is 2.67 bits per heavy atom. The summed E-state index contributed by atoms with van der Waals surface area (Å²) in [7, 11) is 0. The number of carbonyl (C=O) groups is 1. The highest BCUT2D eigenvalue weighted by Gasteiger charge is 2.20. The summed E-state index contributed by atoms with van der Waals surface area (Å²) < 4.78 is 17.3. The SMILES string of the molecule is C=CC=CC(=C1C=CSC1)N1CCN(CCCCOc2ccc3ccc(=O)n(COC(=O)OCC)c3c2)CC1. The third kappa shape index (κ3) is 8.03. The molecule has 2 aromatic rings. The molecule has 0 aliphatic carbocycles. The van der Waals surface area contributed by atoms with Crippen LogP contribution in [0.15, 0.2) is 82.7 Å². The summed E-state index contributed by atoms with van der Waals surface area (Å²) in [4.78, 5) is 29.0. The smallest absolute Gasteiger partial charge is 0.494 e. The molecule has 8 nitrogen and oxygen atoms in total. The molecular weight excluding hydrogens is 514 g/mol. The Balaban J connectivity index is 1.23. The van der Waals surface area contributed by atoms with Crippen molar-refractivity contribution in [2.45, 2.75) is 26.5 Å². The second-order valence-corrected chi connectivity index (χ2v) is 10.2. The van der Waals surface area contributed by atoms with Gasteiger partial charge in [-0.15, -0.1) is 11.8 Å². The van der Waals surface area contributed by atoms with Gasteiger partial charge in [0.05, 0.1) is 18.7 Å². The lowest BCUT2D eigenvalue weighted by atomic mass is 10.1. The minimum absolute atomic E-state index is 0.210. The molecule has 3 heterocycles. The van der Waals surface area contributed by atoms with E-state index in [2.05, 4.69) is 33.9 Å². The zero-order valence-corrected chi connectivity index (χ0v) is 23.4. The number of rotatable bonds is 12. The van der Waals surface area contributed by atoms with Crippen LogP contribution in [0.1, 0.15) is 19.8 Å². The summed E-state index contributed by atoms with van der Waals surface area (Å²) in [5.74, 6) is 1.71. The zero-order chi connectivity index (χ0) is 27.5. The van der Waals surface area contributed by atoms with Crippen LogP contribution in [-0.2, 0) is 16.2 Å². The molecule has 4 rings (SSSR count). The third-order valence-corrected chi connectivity index (χ3v) is 7.52. The summed E-state index contributed by atoms with van der Waals surface area (Å²) in [6.45, 7) is 11.3. The average molecular weight is 552 g/mol. The first kappa shape index (κ1) is 28.6. The molecule has 0 amide bonds. The number of piperazine rings is 1. The number of thioether (sulfide) groups is 1. The van der Waals surface area contributed by atoms with Crippen molar-refractivity contribution in [3.63, 3.8) is 0 Å². The number of ether oxygens (including phenoxy) is 3. The maximum Gasteiger partial charge on any atom is 0.510 e. The monoisotopic (exact) mass is 551 g/mol. The lowest BCUT2D eigenvalue weighted by Crippen LogP contribution is -2.46. The topological polar surface area (TPSA) is 73.2 Å². The van der Waals surface area contributed by atoms with E-state index >= 15 is 0 Å². The molecule has 0 bridgehead atoms. The molecule has 1 aromatic carbocycles. The second-order valence-electron chi connectivity index (χ2n) is 9.28. The van der Waals surface area contributed by atoms with Crippen molar-refractivity contribution in [2.75, 3.05) is 51.7 Å². The summed E-state index contributed by atoms with van der Waals surface area (Å²) >= 11 is 1.84. The van der Waals surface area contributed by atoms with E-state index in [1.54, 1.807) is 13.0 Å². The number of unbranched alkanes of at least 4 members (excludes halogenated alkanes) is 1. The van der Waals surface area contributed by atoms with Crippen molar-refractivity contribution in [3.05, 3.63) is 88.2 Å². The Labute approximate surface area is 234 Å². The predicted molar refractivity (Wildman–Crippen MR) is 157 cm³/mol. The first-order valence-electron chi connectivity index (χ1n) is 13.4. The number of pyridine rings is 1. The second kappa shape index (κ2) is 14.6. The van der Waals surface area contributed by atoms with E-state index in [9.17, 15) is 9.59 Å². The molecule has 0 unspecified atom stereocenters. The number of carbonyl (C=O) groups excluding carboxylic acids is 1. The number of aromatic nitrogens is 1. The maximum atomic E-state index is 12.4. The Hall–Kier alpha value is -3.43. The Kier molecular flexibility index (Phi) is 10.7. The molecular formula is C30H37N3O5S. The number of allylic oxidation sites excluding steroid dienone is 4. The molecule has 1 saturated heterocycles. The van der Waals surface area contributed by atoms with Gasteiger partial charge in [-0.2, -0.15) is 0 Å². The van der Waals surface area contributed by atoms with Crippen LogP contribution in [0.4, 0.5) is 4.79 Å². The van der Waals surface area contributed by atoms with E-state index in [-0.39, 0.29) is 18.9 Å². The minimum atomic E-state index is -0.803. The molecule has 2 aliphatic heterocycles. The third-order valence-electron chi connectivity index (χ3n) is 6.71. The summed E-state index contributed by atoms with van der Waals surface area (Å²) in [6.07, 6.45) is 9.46. The fraction of sp³-hybridized carbons (Fsp3) is 0.400. The van der Waals surface area contributed by atoms with Gasteiger partial charge in [0, 0.05) is 49.8 Å². The van der Waals surface area contributed by atoms with Crippen molar-refractivity contribution in [1.29, 1.82) is 0 Å². The molecule has 1 fully saturated rings. The molecule has 0 spiro atoms. The molecule has 2 aliphatic rings. The first-order valence-corrected chi connectivity index (χ1v) is 14.5. The predicted octanol–water partition coefficient (Wildman–Crippen LogP) is 5.17.